The van der Waals surface area contributed by atoms with Gasteiger partial charge in [0, 0.05) is 11.9 Å². The Morgan fingerprint density at radius 3 is 2.92 bits per heavy atom. The van der Waals surface area contributed by atoms with Gasteiger partial charge in [0.15, 0.2) is 0 Å². The first-order chi connectivity index (χ1) is 6.36. The highest BCUT2D eigenvalue weighted by atomic mass is 79.9. The Balaban J connectivity index is 1.98. The Labute approximate surface area is 90.4 Å². The molecule has 1 aliphatic rings. The summed E-state index contributed by atoms with van der Waals surface area (Å²) in [6, 6.07) is 0. The van der Waals surface area contributed by atoms with Crippen LogP contribution in [0.4, 0.5) is 0 Å². The molecule has 1 rings (SSSR count). The zero-order valence-corrected chi connectivity index (χ0v) is 10.2. The molecule has 0 aromatic rings. The van der Waals surface area contributed by atoms with Gasteiger partial charge >= 0.3 is 0 Å². The number of halogens is 1. The molecule has 0 radical (unpaired) electrons. The molecule has 2 unspecified atom stereocenters. The van der Waals surface area contributed by atoms with E-state index in [1.165, 1.54) is 38.5 Å². The molecule has 2 atom stereocenters. The molecule has 78 valence electrons. The minimum absolute atomic E-state index is 0.591. The smallest absolute Gasteiger partial charge is 0.0576 e. The van der Waals surface area contributed by atoms with Crippen molar-refractivity contribution in [3.05, 3.63) is 0 Å². The fraction of sp³-hybridized carbons (Fsp3) is 1.00. The van der Waals surface area contributed by atoms with Crippen LogP contribution >= 0.6 is 15.9 Å². The van der Waals surface area contributed by atoms with Gasteiger partial charge in [-0.1, -0.05) is 35.7 Å². The third-order valence-corrected chi connectivity index (χ3v) is 3.87. The molecule has 2 heteroatoms. The van der Waals surface area contributed by atoms with Crippen LogP contribution in [0.5, 0.6) is 0 Å². The van der Waals surface area contributed by atoms with E-state index in [0.717, 1.165) is 17.9 Å². The molecular weight excluding hydrogens is 228 g/mol. The van der Waals surface area contributed by atoms with Crippen molar-refractivity contribution >= 4 is 15.9 Å². The second kappa shape index (κ2) is 6.83. The minimum Gasteiger partial charge on any atom is -0.378 e. The maximum atomic E-state index is 5.59. The topological polar surface area (TPSA) is 9.23 Å². The molecule has 0 spiro atoms. The lowest BCUT2D eigenvalue weighted by molar-refractivity contribution is 0.101. The number of ether oxygens (including phenoxy) is 1. The highest BCUT2D eigenvalue weighted by Crippen LogP contribution is 2.21. The van der Waals surface area contributed by atoms with E-state index in [1.807, 2.05) is 0 Å². The molecule has 1 nitrogen and oxygen atoms in total. The van der Waals surface area contributed by atoms with Gasteiger partial charge in [-0.05, 0) is 31.6 Å². The van der Waals surface area contributed by atoms with E-state index in [2.05, 4.69) is 22.9 Å². The number of alkyl halides is 1. The summed E-state index contributed by atoms with van der Waals surface area (Å²) in [5.41, 5.74) is 0. The fourth-order valence-corrected chi connectivity index (χ4v) is 2.68. The maximum absolute atomic E-state index is 5.59. The molecule has 0 saturated carbocycles. The lowest BCUT2D eigenvalue weighted by atomic mass is 9.99. The first kappa shape index (κ1) is 11.5. The predicted molar refractivity (Wildman–Crippen MR) is 60.4 cm³/mol. The van der Waals surface area contributed by atoms with Crippen LogP contribution in [0.15, 0.2) is 0 Å². The van der Waals surface area contributed by atoms with Crippen molar-refractivity contribution in [1.29, 1.82) is 0 Å². The van der Waals surface area contributed by atoms with Crippen molar-refractivity contribution < 1.29 is 4.74 Å². The molecule has 0 aromatic carbocycles. The van der Waals surface area contributed by atoms with Crippen molar-refractivity contribution in [1.82, 2.24) is 0 Å². The van der Waals surface area contributed by atoms with Crippen molar-refractivity contribution in [3.8, 4) is 0 Å². The lowest BCUT2D eigenvalue weighted by Gasteiger charge is -2.13. The van der Waals surface area contributed by atoms with E-state index in [0.29, 0.717) is 6.10 Å². The predicted octanol–water partition coefficient (Wildman–Crippen LogP) is 3.76. The molecule has 1 fully saturated rings. The Kier molecular flexibility index (Phi) is 6.05. The minimum atomic E-state index is 0.591. The summed E-state index contributed by atoms with van der Waals surface area (Å²) in [7, 11) is 0. The zero-order valence-electron chi connectivity index (χ0n) is 8.60. The Bertz CT molecular complexity index is 115. The number of hydrogen-bond donors (Lipinski definition) is 0. The van der Waals surface area contributed by atoms with Crippen LogP contribution in [0.1, 0.15) is 45.4 Å². The van der Waals surface area contributed by atoms with Crippen LogP contribution in [0.2, 0.25) is 0 Å². The SMILES string of the molecule is CCC(CBr)CCCC1CCCO1. The van der Waals surface area contributed by atoms with Gasteiger partial charge in [-0.25, -0.2) is 0 Å². The average molecular weight is 249 g/mol. The fourth-order valence-electron chi connectivity index (χ4n) is 1.90. The highest BCUT2D eigenvalue weighted by molar-refractivity contribution is 9.09. The quantitative estimate of drug-likeness (QED) is 0.651. The van der Waals surface area contributed by atoms with Crippen LogP contribution in [-0.4, -0.2) is 18.0 Å². The summed E-state index contributed by atoms with van der Waals surface area (Å²) < 4.78 is 5.59. The van der Waals surface area contributed by atoms with E-state index in [-0.39, 0.29) is 0 Å². The Hall–Kier alpha value is 0.440. The van der Waals surface area contributed by atoms with Crippen LogP contribution in [-0.2, 0) is 4.74 Å². The van der Waals surface area contributed by atoms with E-state index in [4.69, 9.17) is 4.74 Å². The van der Waals surface area contributed by atoms with Gasteiger partial charge in [0.1, 0.15) is 0 Å². The van der Waals surface area contributed by atoms with E-state index in [9.17, 15) is 0 Å². The molecule has 0 amide bonds. The highest BCUT2D eigenvalue weighted by Gasteiger charge is 2.15. The second-order valence-electron chi connectivity index (χ2n) is 3.99. The van der Waals surface area contributed by atoms with Crippen LogP contribution in [0.3, 0.4) is 0 Å². The van der Waals surface area contributed by atoms with Crippen LogP contribution in [0, 0.1) is 5.92 Å². The van der Waals surface area contributed by atoms with E-state index < -0.39 is 0 Å². The molecule has 1 heterocycles. The summed E-state index contributed by atoms with van der Waals surface area (Å²) in [6.45, 7) is 3.28. The van der Waals surface area contributed by atoms with Gasteiger partial charge in [0.25, 0.3) is 0 Å². The largest absolute Gasteiger partial charge is 0.378 e. The summed E-state index contributed by atoms with van der Waals surface area (Å²) in [5, 5.41) is 1.16. The summed E-state index contributed by atoms with van der Waals surface area (Å²) in [6.07, 6.45) is 8.45. The summed E-state index contributed by atoms with van der Waals surface area (Å²) in [4.78, 5) is 0. The second-order valence-corrected chi connectivity index (χ2v) is 4.64. The van der Waals surface area contributed by atoms with Gasteiger partial charge < -0.3 is 4.74 Å². The molecule has 13 heavy (non-hydrogen) atoms. The summed E-state index contributed by atoms with van der Waals surface area (Å²) in [5.74, 6) is 0.876. The lowest BCUT2D eigenvalue weighted by Crippen LogP contribution is -2.06. The molecule has 0 N–H and O–H groups in total. The normalized spacial score (nSPS) is 24.9. The first-order valence-corrected chi connectivity index (χ1v) is 6.66. The van der Waals surface area contributed by atoms with Gasteiger partial charge in [0.2, 0.25) is 0 Å². The maximum Gasteiger partial charge on any atom is 0.0576 e. The third kappa shape index (κ3) is 4.46. The average Bonchev–Trinajstić information content (AvgIpc) is 2.65. The Morgan fingerprint density at radius 2 is 2.38 bits per heavy atom. The van der Waals surface area contributed by atoms with Gasteiger partial charge in [-0.2, -0.15) is 0 Å². The standard InChI is InChI=1S/C11H21BrO/c1-2-10(9-12)5-3-6-11-7-4-8-13-11/h10-11H,2-9H2,1H3. The van der Waals surface area contributed by atoms with Crippen molar-refractivity contribution in [2.75, 3.05) is 11.9 Å². The summed E-state index contributed by atoms with van der Waals surface area (Å²) >= 11 is 3.56. The van der Waals surface area contributed by atoms with E-state index in [1.54, 1.807) is 0 Å². The van der Waals surface area contributed by atoms with Crippen molar-refractivity contribution in [2.45, 2.75) is 51.6 Å². The molecular formula is C11H21BrO. The van der Waals surface area contributed by atoms with Gasteiger partial charge in [-0.3, -0.25) is 0 Å². The molecule has 1 aliphatic heterocycles. The molecule has 0 aliphatic carbocycles. The molecule has 0 aromatic heterocycles. The van der Waals surface area contributed by atoms with Crippen LogP contribution in [0.25, 0.3) is 0 Å². The molecule has 1 saturated heterocycles. The number of hydrogen-bond acceptors (Lipinski definition) is 1. The zero-order chi connectivity index (χ0) is 9.52. The van der Waals surface area contributed by atoms with Gasteiger partial charge in [0.05, 0.1) is 6.10 Å². The van der Waals surface area contributed by atoms with Gasteiger partial charge in [-0.15, -0.1) is 0 Å². The molecule has 0 bridgehead atoms. The number of rotatable bonds is 6. The third-order valence-electron chi connectivity index (χ3n) is 2.96. The first-order valence-electron chi connectivity index (χ1n) is 5.54. The van der Waals surface area contributed by atoms with Crippen molar-refractivity contribution in [3.63, 3.8) is 0 Å². The van der Waals surface area contributed by atoms with E-state index >= 15 is 0 Å². The monoisotopic (exact) mass is 248 g/mol. The van der Waals surface area contributed by atoms with Crippen molar-refractivity contribution in [2.24, 2.45) is 5.92 Å². The Morgan fingerprint density at radius 1 is 1.54 bits per heavy atom. The van der Waals surface area contributed by atoms with Crippen LogP contribution < -0.4 is 0 Å².